The van der Waals surface area contributed by atoms with Crippen molar-refractivity contribution >= 4 is 17.6 Å². The number of aryl methyl sites for hydroxylation is 2. The van der Waals surface area contributed by atoms with Crippen molar-refractivity contribution in [1.82, 2.24) is 10.1 Å². The van der Waals surface area contributed by atoms with Crippen LogP contribution in [0.25, 0.3) is 0 Å². The Morgan fingerprint density at radius 3 is 2.39 bits per heavy atom. The number of hydrogen-bond donors (Lipinski definition) is 0. The highest BCUT2D eigenvalue weighted by Gasteiger charge is 2.47. The summed E-state index contributed by atoms with van der Waals surface area (Å²) < 4.78 is 15.6. The molecule has 36 heavy (non-hydrogen) atoms. The Kier molecular flexibility index (Phi) is 6.30. The van der Waals surface area contributed by atoms with E-state index in [2.05, 4.69) is 16.1 Å². The number of amides is 1. The quantitative estimate of drug-likeness (QED) is 0.495. The summed E-state index contributed by atoms with van der Waals surface area (Å²) >= 11 is 0. The third kappa shape index (κ3) is 4.15. The van der Waals surface area contributed by atoms with Crippen LogP contribution in [0.1, 0.15) is 56.1 Å². The fourth-order valence-corrected chi connectivity index (χ4v) is 5.57. The molecule has 1 fully saturated rings. The first-order valence-corrected chi connectivity index (χ1v) is 12.2. The highest BCUT2D eigenvalue weighted by molar-refractivity contribution is 6.09. The highest BCUT2D eigenvalue weighted by Crippen LogP contribution is 2.49. The smallest absolute Gasteiger partial charge is 0.337 e. The molecule has 1 aromatic heterocycles. The third-order valence-electron chi connectivity index (χ3n) is 7.61. The molecule has 1 saturated heterocycles. The van der Waals surface area contributed by atoms with E-state index in [4.69, 9.17) is 14.0 Å². The summed E-state index contributed by atoms with van der Waals surface area (Å²) in [5.74, 6) is 0.949. The summed E-state index contributed by atoms with van der Waals surface area (Å²) in [4.78, 5) is 29.7. The largest absolute Gasteiger partial charge is 0.497 e. The zero-order valence-corrected chi connectivity index (χ0v) is 21.2. The summed E-state index contributed by atoms with van der Waals surface area (Å²) in [6, 6.07) is 13.6. The van der Waals surface area contributed by atoms with Crippen LogP contribution < -0.4 is 9.64 Å². The normalized spacial score (nSPS) is 16.7. The maximum atomic E-state index is 13.6. The summed E-state index contributed by atoms with van der Waals surface area (Å²) in [5, 5.41) is 3.99. The minimum atomic E-state index is -0.326. The van der Waals surface area contributed by atoms with Crippen LogP contribution in [0.15, 0.2) is 47.0 Å². The topological polar surface area (TPSA) is 85.1 Å². The monoisotopic (exact) mass is 489 g/mol. The molecule has 2 aliphatic heterocycles. The lowest BCUT2D eigenvalue weighted by Gasteiger charge is -2.40. The molecule has 2 aromatic carbocycles. The van der Waals surface area contributed by atoms with Gasteiger partial charge >= 0.3 is 5.97 Å². The third-order valence-corrected chi connectivity index (χ3v) is 7.61. The van der Waals surface area contributed by atoms with Crippen LogP contribution in [-0.4, -0.2) is 55.8 Å². The number of hydrogen-bond acceptors (Lipinski definition) is 7. The summed E-state index contributed by atoms with van der Waals surface area (Å²) in [6.07, 6.45) is 1.86. The van der Waals surface area contributed by atoms with E-state index in [9.17, 15) is 9.59 Å². The number of esters is 1. The molecule has 188 valence electrons. The van der Waals surface area contributed by atoms with Gasteiger partial charge < -0.3 is 18.9 Å². The second-order valence-corrected chi connectivity index (χ2v) is 9.72. The van der Waals surface area contributed by atoms with Crippen LogP contribution in [0.4, 0.5) is 5.69 Å². The molecule has 1 spiro atoms. The molecule has 0 N–H and O–H groups in total. The van der Waals surface area contributed by atoms with Gasteiger partial charge in [0.1, 0.15) is 17.1 Å². The van der Waals surface area contributed by atoms with Gasteiger partial charge in [-0.1, -0.05) is 17.3 Å². The number of piperidine rings is 1. The average molecular weight is 490 g/mol. The lowest BCUT2D eigenvalue weighted by atomic mass is 9.74. The molecule has 8 nitrogen and oxygen atoms in total. The van der Waals surface area contributed by atoms with Crippen molar-refractivity contribution in [2.45, 2.75) is 38.6 Å². The van der Waals surface area contributed by atoms with Gasteiger partial charge in [-0.05, 0) is 81.2 Å². The fraction of sp³-hybridized carbons (Fsp3) is 0.393. The van der Waals surface area contributed by atoms with Crippen molar-refractivity contribution in [2.24, 2.45) is 0 Å². The van der Waals surface area contributed by atoms with E-state index in [1.165, 1.54) is 12.7 Å². The van der Waals surface area contributed by atoms with Gasteiger partial charge in [-0.2, -0.15) is 0 Å². The Bertz CT molecular complexity index is 1270. The number of aromatic nitrogens is 1. The van der Waals surface area contributed by atoms with E-state index >= 15 is 0 Å². The first-order valence-electron chi connectivity index (χ1n) is 12.2. The number of carbonyl (C=O) groups excluding carboxylic acids is 2. The molecule has 0 aliphatic carbocycles. The minimum absolute atomic E-state index is 0.0670. The molecule has 5 rings (SSSR count). The van der Waals surface area contributed by atoms with Crippen molar-refractivity contribution in [3.63, 3.8) is 0 Å². The van der Waals surface area contributed by atoms with E-state index in [1.807, 2.05) is 41.3 Å². The molecule has 0 atom stereocenters. The molecule has 0 unspecified atom stereocenters. The molecule has 2 aliphatic rings. The number of ether oxygens (including phenoxy) is 2. The lowest BCUT2D eigenvalue weighted by Crippen LogP contribution is -2.45. The van der Waals surface area contributed by atoms with Crippen LogP contribution in [0.2, 0.25) is 0 Å². The minimum Gasteiger partial charge on any atom is -0.497 e. The number of likely N-dealkylation sites (tertiary alicyclic amines) is 1. The van der Waals surface area contributed by atoms with Crippen LogP contribution in [0, 0.1) is 13.8 Å². The van der Waals surface area contributed by atoms with Gasteiger partial charge in [0, 0.05) is 24.2 Å². The van der Waals surface area contributed by atoms with Crippen molar-refractivity contribution in [3.8, 4) is 5.75 Å². The molecular formula is C28H31N3O5. The number of carbonyl (C=O) groups is 2. The second-order valence-electron chi connectivity index (χ2n) is 9.72. The maximum absolute atomic E-state index is 13.6. The molecule has 0 bridgehead atoms. The Balaban J connectivity index is 1.36. The molecular weight excluding hydrogens is 458 g/mol. The number of benzene rings is 2. The van der Waals surface area contributed by atoms with E-state index < -0.39 is 0 Å². The Morgan fingerprint density at radius 1 is 1.06 bits per heavy atom. The van der Waals surface area contributed by atoms with Crippen molar-refractivity contribution in [3.05, 3.63) is 76.2 Å². The Morgan fingerprint density at radius 2 is 1.78 bits per heavy atom. The Hall–Kier alpha value is -3.65. The van der Waals surface area contributed by atoms with Crippen LogP contribution in [0.3, 0.4) is 0 Å². The first kappa shape index (κ1) is 24.1. The second kappa shape index (κ2) is 9.43. The first-order chi connectivity index (χ1) is 17.3. The van der Waals surface area contributed by atoms with E-state index in [0.29, 0.717) is 29.1 Å². The highest BCUT2D eigenvalue weighted by atomic mass is 16.5. The molecule has 8 heteroatoms. The predicted octanol–water partition coefficient (Wildman–Crippen LogP) is 4.28. The van der Waals surface area contributed by atoms with Gasteiger partial charge in [0.15, 0.2) is 0 Å². The van der Waals surface area contributed by atoms with Gasteiger partial charge in [-0.3, -0.25) is 9.69 Å². The fourth-order valence-electron chi connectivity index (χ4n) is 5.57. The number of methoxy groups -OCH3 is 2. The standard InChI is InChI=1S/C28H31N3O5/c1-18-25(19(2)36-29-18)26(32)31-17-28(23-15-22(34-3)9-10-24(23)31)11-13-30(14-12-28)16-20-5-7-21(8-6-20)27(33)35-4/h5-10,15H,11-14,16-17H2,1-4H3. The lowest BCUT2D eigenvalue weighted by molar-refractivity contribution is 0.0600. The molecule has 0 radical (unpaired) electrons. The Labute approximate surface area is 210 Å². The van der Waals surface area contributed by atoms with Crippen LogP contribution in [0.5, 0.6) is 5.75 Å². The molecule has 3 heterocycles. The number of rotatable bonds is 5. The van der Waals surface area contributed by atoms with Crippen molar-refractivity contribution < 1.29 is 23.6 Å². The van der Waals surface area contributed by atoms with Gasteiger partial charge in [-0.15, -0.1) is 0 Å². The van der Waals surface area contributed by atoms with Gasteiger partial charge in [0.05, 0.1) is 25.5 Å². The average Bonchev–Trinajstić information content (AvgIpc) is 3.41. The molecule has 1 amide bonds. The zero-order chi connectivity index (χ0) is 25.4. The van der Waals surface area contributed by atoms with Gasteiger partial charge in [0.25, 0.3) is 5.91 Å². The maximum Gasteiger partial charge on any atom is 0.337 e. The van der Waals surface area contributed by atoms with E-state index in [-0.39, 0.29) is 17.3 Å². The van der Waals surface area contributed by atoms with Crippen LogP contribution >= 0.6 is 0 Å². The predicted molar refractivity (Wildman–Crippen MR) is 135 cm³/mol. The number of fused-ring (bicyclic) bond motifs is 2. The van der Waals surface area contributed by atoms with E-state index in [0.717, 1.165) is 49.5 Å². The van der Waals surface area contributed by atoms with Crippen molar-refractivity contribution in [1.29, 1.82) is 0 Å². The van der Waals surface area contributed by atoms with Gasteiger partial charge in [0.2, 0.25) is 0 Å². The summed E-state index contributed by atoms with van der Waals surface area (Å²) in [5.41, 5.74) is 4.84. The van der Waals surface area contributed by atoms with Crippen molar-refractivity contribution in [2.75, 3.05) is 38.8 Å². The molecule has 3 aromatic rings. The SMILES string of the molecule is COC(=O)c1ccc(CN2CCC3(CC2)CN(C(=O)c2c(C)noc2C)c2ccc(OC)cc23)cc1. The summed E-state index contributed by atoms with van der Waals surface area (Å²) in [6.45, 7) is 6.83. The number of nitrogens with zero attached hydrogens (tertiary/aromatic N) is 3. The number of anilines is 1. The van der Waals surface area contributed by atoms with Gasteiger partial charge in [-0.25, -0.2) is 4.79 Å². The molecule has 0 saturated carbocycles. The zero-order valence-electron chi connectivity index (χ0n) is 21.2. The van der Waals surface area contributed by atoms with Crippen LogP contribution in [-0.2, 0) is 16.7 Å². The van der Waals surface area contributed by atoms with E-state index in [1.54, 1.807) is 21.0 Å². The summed E-state index contributed by atoms with van der Waals surface area (Å²) in [7, 11) is 3.06.